The normalized spacial score (nSPS) is 25.0. The van der Waals surface area contributed by atoms with Gasteiger partial charge < -0.3 is 0 Å². The molecule has 4 rings (SSSR count). The lowest BCUT2D eigenvalue weighted by atomic mass is 9.73. The number of rotatable bonds is 3. The molecular formula is C22H20Cl2O2. The summed E-state index contributed by atoms with van der Waals surface area (Å²) in [7, 11) is 0. The molecule has 2 saturated carbocycles. The molecule has 134 valence electrons. The van der Waals surface area contributed by atoms with Gasteiger partial charge in [0.1, 0.15) is 5.92 Å². The van der Waals surface area contributed by atoms with Crippen molar-refractivity contribution in [2.24, 2.45) is 11.8 Å². The lowest BCUT2D eigenvalue weighted by molar-refractivity contribution is -0.135. The van der Waals surface area contributed by atoms with Crippen molar-refractivity contribution < 1.29 is 9.59 Å². The minimum atomic E-state index is -0.609. The number of benzene rings is 2. The third-order valence-corrected chi connectivity index (χ3v) is 6.43. The molecule has 2 aliphatic rings. The van der Waals surface area contributed by atoms with Crippen molar-refractivity contribution >= 4 is 34.8 Å². The van der Waals surface area contributed by atoms with Crippen LogP contribution in [-0.4, -0.2) is 11.6 Å². The third-order valence-electron chi connectivity index (χ3n) is 5.89. The van der Waals surface area contributed by atoms with Gasteiger partial charge >= 0.3 is 0 Å². The maximum atomic E-state index is 13.0. The van der Waals surface area contributed by atoms with Crippen LogP contribution in [0.1, 0.15) is 43.2 Å². The summed E-state index contributed by atoms with van der Waals surface area (Å²) in [4.78, 5) is 25.9. The van der Waals surface area contributed by atoms with E-state index in [0.717, 1.165) is 47.9 Å². The monoisotopic (exact) mass is 386 g/mol. The Bertz CT molecular complexity index is 881. The first-order valence-electron chi connectivity index (χ1n) is 9.15. The Hall–Kier alpha value is -1.64. The second-order valence-electron chi connectivity index (χ2n) is 7.34. The number of aryl methyl sites for hydroxylation is 1. The third kappa shape index (κ3) is 2.90. The summed E-state index contributed by atoms with van der Waals surface area (Å²) in [5, 5.41) is 1.15. The Morgan fingerprint density at radius 2 is 1.65 bits per heavy atom. The number of hydrogen-bond donors (Lipinski definition) is 0. The molecule has 0 aromatic heterocycles. The zero-order valence-electron chi connectivity index (χ0n) is 14.6. The predicted molar refractivity (Wildman–Crippen MR) is 105 cm³/mol. The molecule has 2 aromatic rings. The molecule has 0 saturated heterocycles. The molecule has 2 aromatic carbocycles. The van der Waals surface area contributed by atoms with Crippen LogP contribution in [0.15, 0.2) is 36.4 Å². The topological polar surface area (TPSA) is 34.1 Å². The lowest BCUT2D eigenvalue weighted by Crippen LogP contribution is -2.35. The van der Waals surface area contributed by atoms with Crippen molar-refractivity contribution in [2.75, 3.05) is 0 Å². The number of halogens is 2. The molecule has 0 spiro atoms. The number of carbonyl (C=O) groups excluding carboxylic acids is 2. The van der Waals surface area contributed by atoms with E-state index in [1.807, 2.05) is 24.3 Å². The molecule has 0 heterocycles. The van der Waals surface area contributed by atoms with E-state index in [1.165, 1.54) is 0 Å². The fourth-order valence-corrected chi connectivity index (χ4v) is 5.01. The molecule has 0 amide bonds. The zero-order chi connectivity index (χ0) is 18.4. The Labute approximate surface area is 163 Å². The maximum Gasteiger partial charge on any atom is 0.150 e. The van der Waals surface area contributed by atoms with Crippen LogP contribution >= 0.6 is 23.2 Å². The minimum Gasteiger partial charge on any atom is -0.298 e. The van der Waals surface area contributed by atoms with Crippen LogP contribution in [0.4, 0.5) is 0 Å². The summed E-state index contributed by atoms with van der Waals surface area (Å²) in [5.41, 5.74) is 3.70. The lowest BCUT2D eigenvalue weighted by Gasteiger charge is -2.27. The number of Topliss-reactive ketones (excluding diaryl/α,β-unsaturated/α-hetero) is 2. The highest BCUT2D eigenvalue weighted by Gasteiger charge is 2.47. The summed E-state index contributed by atoms with van der Waals surface area (Å²) in [5.74, 6) is -0.289. The van der Waals surface area contributed by atoms with Crippen LogP contribution in [0.25, 0.3) is 11.1 Å². The summed E-state index contributed by atoms with van der Waals surface area (Å²) >= 11 is 12.4. The highest BCUT2D eigenvalue weighted by Crippen LogP contribution is 2.45. The first-order chi connectivity index (χ1) is 12.5. The highest BCUT2D eigenvalue weighted by atomic mass is 35.5. The first kappa shape index (κ1) is 17.8. The number of carbonyl (C=O) groups is 2. The second kappa shape index (κ2) is 6.83. The van der Waals surface area contributed by atoms with Gasteiger partial charge in [0.25, 0.3) is 0 Å². The zero-order valence-corrected chi connectivity index (χ0v) is 16.1. The fourth-order valence-electron chi connectivity index (χ4n) is 4.49. The average molecular weight is 387 g/mol. The van der Waals surface area contributed by atoms with Crippen molar-refractivity contribution in [1.29, 1.82) is 0 Å². The van der Waals surface area contributed by atoms with Crippen molar-refractivity contribution in [2.45, 2.75) is 38.5 Å². The highest BCUT2D eigenvalue weighted by molar-refractivity contribution is 6.36. The summed E-state index contributed by atoms with van der Waals surface area (Å²) in [6, 6.07) is 11.4. The van der Waals surface area contributed by atoms with Crippen molar-refractivity contribution in [3.05, 3.63) is 57.6 Å². The SMILES string of the molecule is CCc1ccc(-c2ccc(Cl)cc2Cl)cc1C1C(=O)C2CCC(C2)C1=O. The van der Waals surface area contributed by atoms with Crippen LogP contribution < -0.4 is 0 Å². The standard InChI is InChI=1S/C22H20Cl2O2/c1-2-12-3-4-13(17-8-7-16(23)11-19(17)24)10-18(12)20-21(25)14-5-6-15(9-14)22(20)26/h3-4,7-8,10-11,14-15,20H,2,5-6,9H2,1H3. The molecule has 0 aliphatic heterocycles. The van der Waals surface area contributed by atoms with E-state index in [1.54, 1.807) is 12.1 Å². The Morgan fingerprint density at radius 3 is 2.27 bits per heavy atom. The van der Waals surface area contributed by atoms with Gasteiger partial charge in [0.2, 0.25) is 0 Å². The molecule has 26 heavy (non-hydrogen) atoms. The number of fused-ring (bicyclic) bond motifs is 2. The maximum absolute atomic E-state index is 13.0. The molecule has 2 atom stereocenters. The van der Waals surface area contributed by atoms with Gasteiger partial charge in [-0.25, -0.2) is 0 Å². The van der Waals surface area contributed by atoms with Gasteiger partial charge in [-0.15, -0.1) is 0 Å². The van der Waals surface area contributed by atoms with Crippen LogP contribution in [0, 0.1) is 11.8 Å². The largest absolute Gasteiger partial charge is 0.298 e. The molecule has 2 bridgehead atoms. The van der Waals surface area contributed by atoms with Gasteiger partial charge in [0.15, 0.2) is 11.6 Å². The van der Waals surface area contributed by atoms with Crippen molar-refractivity contribution in [3.8, 4) is 11.1 Å². The van der Waals surface area contributed by atoms with E-state index >= 15 is 0 Å². The summed E-state index contributed by atoms with van der Waals surface area (Å²) in [6.45, 7) is 2.06. The van der Waals surface area contributed by atoms with E-state index < -0.39 is 5.92 Å². The van der Waals surface area contributed by atoms with Gasteiger partial charge in [-0.05, 0) is 60.6 Å². The van der Waals surface area contributed by atoms with Crippen LogP contribution in [-0.2, 0) is 16.0 Å². The number of hydrogen-bond acceptors (Lipinski definition) is 2. The second-order valence-corrected chi connectivity index (χ2v) is 8.18. The first-order valence-corrected chi connectivity index (χ1v) is 9.91. The van der Waals surface area contributed by atoms with Crippen LogP contribution in [0.2, 0.25) is 10.0 Å². The van der Waals surface area contributed by atoms with Crippen molar-refractivity contribution in [1.82, 2.24) is 0 Å². The molecule has 0 N–H and O–H groups in total. The summed E-state index contributed by atoms with van der Waals surface area (Å²) < 4.78 is 0. The molecule has 4 heteroatoms. The van der Waals surface area contributed by atoms with Gasteiger partial charge in [-0.3, -0.25) is 9.59 Å². The minimum absolute atomic E-state index is 0.0511. The Balaban J connectivity index is 1.83. The fraction of sp³-hybridized carbons (Fsp3) is 0.364. The van der Waals surface area contributed by atoms with E-state index in [2.05, 4.69) is 6.92 Å². The Morgan fingerprint density at radius 1 is 0.962 bits per heavy atom. The van der Waals surface area contributed by atoms with E-state index in [9.17, 15) is 9.59 Å². The molecule has 2 unspecified atom stereocenters. The van der Waals surface area contributed by atoms with Crippen LogP contribution in [0.5, 0.6) is 0 Å². The molecule has 0 radical (unpaired) electrons. The van der Waals surface area contributed by atoms with Crippen LogP contribution in [0.3, 0.4) is 0 Å². The van der Waals surface area contributed by atoms with E-state index in [-0.39, 0.29) is 23.4 Å². The quantitative estimate of drug-likeness (QED) is 0.617. The summed E-state index contributed by atoms with van der Waals surface area (Å²) in [6.07, 6.45) is 3.25. The molecular weight excluding hydrogens is 367 g/mol. The van der Waals surface area contributed by atoms with Gasteiger partial charge in [-0.1, -0.05) is 48.3 Å². The van der Waals surface area contributed by atoms with Gasteiger partial charge in [-0.2, -0.15) is 0 Å². The smallest absolute Gasteiger partial charge is 0.150 e. The van der Waals surface area contributed by atoms with Gasteiger partial charge in [0, 0.05) is 27.4 Å². The van der Waals surface area contributed by atoms with Gasteiger partial charge in [0.05, 0.1) is 0 Å². The Kier molecular flexibility index (Phi) is 4.66. The molecule has 2 fully saturated rings. The number of ketones is 2. The molecule has 2 nitrogen and oxygen atoms in total. The van der Waals surface area contributed by atoms with Crippen molar-refractivity contribution in [3.63, 3.8) is 0 Å². The van der Waals surface area contributed by atoms with E-state index in [4.69, 9.17) is 23.2 Å². The average Bonchev–Trinajstić information content (AvgIpc) is 3.07. The predicted octanol–water partition coefficient (Wildman–Crippen LogP) is 5.87. The van der Waals surface area contributed by atoms with E-state index in [0.29, 0.717) is 10.0 Å². The molecule has 2 aliphatic carbocycles.